The van der Waals surface area contributed by atoms with Gasteiger partial charge in [0.15, 0.2) is 12.4 Å². The summed E-state index contributed by atoms with van der Waals surface area (Å²) in [5, 5.41) is 11.7. The van der Waals surface area contributed by atoms with Gasteiger partial charge >= 0.3 is 11.9 Å². The second kappa shape index (κ2) is 43.9. The molecule has 0 amide bonds. The summed E-state index contributed by atoms with van der Waals surface area (Å²) in [4.78, 5) is 37.1. The number of hydrogen-bond acceptors (Lipinski definition) is 8. The van der Waals surface area contributed by atoms with Crippen molar-refractivity contribution in [3.63, 3.8) is 0 Å². The number of carbonyl (C=O) groups excluding carboxylic acids is 3. The van der Waals surface area contributed by atoms with Crippen molar-refractivity contribution in [1.29, 1.82) is 0 Å². The van der Waals surface area contributed by atoms with Crippen molar-refractivity contribution in [2.75, 3.05) is 47.5 Å². The summed E-state index contributed by atoms with van der Waals surface area (Å²) in [7, 11) is 5.90. The van der Waals surface area contributed by atoms with Crippen molar-refractivity contribution >= 4 is 17.9 Å². The summed E-state index contributed by atoms with van der Waals surface area (Å²) in [5.41, 5.74) is 0. The second-order valence-corrected chi connectivity index (χ2v) is 17.7. The number of carbonyl (C=O) groups is 3. The van der Waals surface area contributed by atoms with Gasteiger partial charge in [0.25, 0.3) is 0 Å². The number of hydrogen-bond donors (Lipinski definition) is 0. The van der Waals surface area contributed by atoms with Gasteiger partial charge < -0.3 is 33.3 Å². The number of nitrogens with zero attached hydrogens (tertiary/aromatic N) is 1. The van der Waals surface area contributed by atoms with Gasteiger partial charge in [0.1, 0.15) is 13.2 Å². The van der Waals surface area contributed by atoms with Crippen molar-refractivity contribution in [3.05, 3.63) is 48.6 Å². The lowest BCUT2D eigenvalue weighted by Crippen LogP contribution is -2.44. The lowest BCUT2D eigenvalue weighted by molar-refractivity contribution is -0.870. The Morgan fingerprint density at radius 1 is 0.492 bits per heavy atom. The van der Waals surface area contributed by atoms with Gasteiger partial charge in [0.2, 0.25) is 0 Å². The molecule has 0 saturated carbocycles. The fourth-order valence-corrected chi connectivity index (χ4v) is 6.65. The van der Waals surface area contributed by atoms with Crippen LogP contribution in [0.5, 0.6) is 0 Å². The summed E-state index contributed by atoms with van der Waals surface area (Å²) in [5.74, 6) is -2.31. The Labute approximate surface area is 374 Å². The molecule has 9 nitrogen and oxygen atoms in total. The van der Waals surface area contributed by atoms with E-state index in [1.54, 1.807) is 0 Å². The molecule has 0 rings (SSSR count). The van der Waals surface area contributed by atoms with Crippen LogP contribution >= 0.6 is 0 Å². The van der Waals surface area contributed by atoms with Gasteiger partial charge in [-0.2, -0.15) is 0 Å². The van der Waals surface area contributed by atoms with Crippen molar-refractivity contribution in [2.45, 2.75) is 219 Å². The molecule has 0 bridgehead atoms. The smallest absolute Gasteiger partial charge is 0.306 e. The quantitative estimate of drug-likeness (QED) is 0.0196. The lowest BCUT2D eigenvalue weighted by Gasteiger charge is -2.26. The zero-order valence-corrected chi connectivity index (χ0v) is 40.0. The molecule has 0 N–H and O–H groups in total. The first-order valence-corrected chi connectivity index (χ1v) is 24.8. The first kappa shape index (κ1) is 58.2. The average molecular weight is 860 g/mol. The molecular formula is C52H93NO8. The topological polar surface area (TPSA) is 111 Å². The Morgan fingerprint density at radius 2 is 0.885 bits per heavy atom. The standard InChI is InChI=1S/C52H93NO8/c1-6-8-10-12-14-16-18-20-22-24-25-27-29-31-33-35-37-39-41-43-50(55)61-48(47-60-52(51(56)57)58-45-44-53(3,4)5)46-59-49(54)42-40-38-36-34-32-30-28-26-23-21-19-17-15-13-11-9-7-2/h14,16,20-23,25,27,48,52H,6-13,15,17-19,24,26,28-47H2,1-5H3/b16-14-,22-20-,23-21-,27-25-. The number of quaternary nitrogens is 1. The number of rotatable bonds is 45. The van der Waals surface area contributed by atoms with E-state index in [0.717, 1.165) is 83.5 Å². The summed E-state index contributed by atoms with van der Waals surface area (Å²) in [6.45, 7) is 4.69. The molecule has 0 fully saturated rings. The molecule has 0 aliphatic carbocycles. The predicted octanol–water partition coefficient (Wildman–Crippen LogP) is 12.2. The highest BCUT2D eigenvalue weighted by molar-refractivity contribution is 5.70. The number of esters is 2. The molecule has 0 aromatic carbocycles. The third kappa shape index (κ3) is 45.1. The van der Waals surface area contributed by atoms with Crippen molar-refractivity contribution in [1.82, 2.24) is 0 Å². The van der Waals surface area contributed by atoms with Gasteiger partial charge in [-0.05, 0) is 77.0 Å². The molecule has 0 radical (unpaired) electrons. The minimum Gasteiger partial charge on any atom is -0.545 e. The van der Waals surface area contributed by atoms with E-state index in [9.17, 15) is 19.5 Å². The van der Waals surface area contributed by atoms with Crippen LogP contribution in [0.4, 0.5) is 0 Å². The number of carboxylic acid groups (broad SMARTS) is 1. The average Bonchev–Trinajstić information content (AvgIpc) is 3.22. The number of carboxylic acids is 1. The zero-order valence-electron chi connectivity index (χ0n) is 40.0. The van der Waals surface area contributed by atoms with Gasteiger partial charge in [-0.15, -0.1) is 0 Å². The van der Waals surface area contributed by atoms with Crippen LogP contribution in [0.15, 0.2) is 48.6 Å². The van der Waals surface area contributed by atoms with Crippen molar-refractivity contribution in [3.8, 4) is 0 Å². The SMILES string of the molecule is CCCCC/C=C\C/C=C\C/C=C\CCCCCCCCC(=O)OC(COC(=O)CCCCCCCCC/C=C\CCCCCCCC)COC(OCC[N+](C)(C)C)C(=O)[O-]. The third-order valence-electron chi connectivity index (χ3n) is 10.5. The normalized spacial score (nSPS) is 13.3. The van der Waals surface area contributed by atoms with E-state index in [0.29, 0.717) is 17.4 Å². The Kier molecular flexibility index (Phi) is 41.9. The molecule has 0 aromatic rings. The summed E-state index contributed by atoms with van der Waals surface area (Å²) < 4.78 is 22.6. The van der Waals surface area contributed by atoms with E-state index < -0.39 is 24.3 Å². The van der Waals surface area contributed by atoms with Crippen LogP contribution in [-0.2, 0) is 33.3 Å². The third-order valence-corrected chi connectivity index (χ3v) is 10.5. The van der Waals surface area contributed by atoms with Crippen LogP contribution in [0.25, 0.3) is 0 Å². The van der Waals surface area contributed by atoms with Crippen LogP contribution in [0.1, 0.15) is 206 Å². The van der Waals surface area contributed by atoms with Crippen LogP contribution in [0, 0.1) is 0 Å². The molecule has 0 spiro atoms. The predicted molar refractivity (Wildman–Crippen MR) is 251 cm³/mol. The molecule has 0 heterocycles. The molecule has 2 atom stereocenters. The minimum atomic E-state index is -1.63. The van der Waals surface area contributed by atoms with Crippen LogP contribution in [0.3, 0.4) is 0 Å². The van der Waals surface area contributed by atoms with E-state index in [4.69, 9.17) is 18.9 Å². The van der Waals surface area contributed by atoms with Gasteiger partial charge in [-0.1, -0.05) is 165 Å². The van der Waals surface area contributed by atoms with Crippen LogP contribution in [0.2, 0.25) is 0 Å². The Hall–Kier alpha value is -2.75. The number of allylic oxidation sites excluding steroid dienone is 8. The fraction of sp³-hybridized carbons (Fsp3) is 0.788. The van der Waals surface area contributed by atoms with E-state index in [1.807, 2.05) is 21.1 Å². The molecule has 0 aliphatic rings. The Morgan fingerprint density at radius 3 is 1.36 bits per heavy atom. The Bertz CT molecular complexity index is 1140. The molecule has 9 heteroatoms. The number of aliphatic carboxylic acids is 1. The largest absolute Gasteiger partial charge is 0.545 e. The summed E-state index contributed by atoms with van der Waals surface area (Å²) in [6, 6.07) is 0. The minimum absolute atomic E-state index is 0.143. The van der Waals surface area contributed by atoms with Gasteiger partial charge in [-0.25, -0.2) is 0 Å². The van der Waals surface area contributed by atoms with Gasteiger partial charge in [0.05, 0.1) is 40.3 Å². The lowest BCUT2D eigenvalue weighted by atomic mass is 10.1. The first-order valence-electron chi connectivity index (χ1n) is 24.8. The van der Waals surface area contributed by atoms with Gasteiger partial charge in [-0.3, -0.25) is 9.59 Å². The molecule has 2 unspecified atom stereocenters. The van der Waals surface area contributed by atoms with Gasteiger partial charge in [0, 0.05) is 12.8 Å². The highest BCUT2D eigenvalue weighted by Gasteiger charge is 2.21. The second-order valence-electron chi connectivity index (χ2n) is 17.7. The summed E-state index contributed by atoms with van der Waals surface area (Å²) >= 11 is 0. The molecule has 0 saturated heterocycles. The number of unbranched alkanes of at least 4 members (excludes halogenated alkanes) is 22. The van der Waals surface area contributed by atoms with Crippen molar-refractivity contribution < 1.29 is 42.9 Å². The van der Waals surface area contributed by atoms with E-state index in [1.165, 1.54) is 89.9 Å². The molecular weight excluding hydrogens is 767 g/mol. The summed E-state index contributed by atoms with van der Waals surface area (Å²) in [6.07, 6.45) is 48.5. The maximum Gasteiger partial charge on any atom is 0.306 e. The molecule has 61 heavy (non-hydrogen) atoms. The molecule has 0 aromatic heterocycles. The maximum atomic E-state index is 12.8. The monoisotopic (exact) mass is 860 g/mol. The molecule has 354 valence electrons. The highest BCUT2D eigenvalue weighted by Crippen LogP contribution is 2.14. The van der Waals surface area contributed by atoms with Crippen molar-refractivity contribution in [2.24, 2.45) is 0 Å². The Balaban J connectivity index is 4.41. The zero-order chi connectivity index (χ0) is 44.9. The number of likely N-dealkylation sites (N-methyl/N-ethyl adjacent to an activating group) is 1. The van der Waals surface area contributed by atoms with Crippen LogP contribution < -0.4 is 5.11 Å². The maximum absolute atomic E-state index is 12.8. The van der Waals surface area contributed by atoms with E-state index in [2.05, 4.69) is 62.5 Å². The molecule has 0 aliphatic heterocycles. The number of ether oxygens (including phenoxy) is 4. The first-order chi connectivity index (χ1) is 29.6. The van der Waals surface area contributed by atoms with Crippen LogP contribution in [-0.4, -0.2) is 82.3 Å². The van der Waals surface area contributed by atoms with E-state index >= 15 is 0 Å². The fourth-order valence-electron chi connectivity index (χ4n) is 6.65. The van der Waals surface area contributed by atoms with E-state index in [-0.39, 0.29) is 38.6 Å². The highest BCUT2D eigenvalue weighted by atomic mass is 16.7.